The van der Waals surface area contributed by atoms with E-state index in [9.17, 15) is 4.79 Å². The van der Waals surface area contributed by atoms with Gasteiger partial charge in [-0.05, 0) is 32.8 Å². The van der Waals surface area contributed by atoms with E-state index >= 15 is 0 Å². The first-order valence-electron chi connectivity index (χ1n) is 7.66. The lowest BCUT2D eigenvalue weighted by molar-refractivity contribution is 0.0219. The molecule has 1 aliphatic rings. The summed E-state index contributed by atoms with van der Waals surface area (Å²) in [5.41, 5.74) is 2.75. The fourth-order valence-electron chi connectivity index (χ4n) is 1.70. The first kappa shape index (κ1) is 19.5. The molecule has 0 fully saturated rings. The van der Waals surface area contributed by atoms with Gasteiger partial charge in [-0.1, -0.05) is 50.6 Å². The monoisotopic (exact) mass is 339 g/mol. The van der Waals surface area contributed by atoms with E-state index in [2.05, 4.69) is 18.0 Å². The van der Waals surface area contributed by atoms with Crippen LogP contribution in [-0.4, -0.2) is 24.0 Å². The first-order chi connectivity index (χ1) is 10.6. The first-order valence-corrected chi connectivity index (χ1v) is 8.10. The standard InChI is InChI=1S/C18H26ClNO3/c1-12-9-7-8-10-15(14(3)20-13(12)2)11-22-17(21)23-16(19)18(4,5)6/h7-8,10,16H,9,11H2,1-6H3/b8-7-,13-12-,15-10+,20-14+. The molecule has 0 bridgehead atoms. The molecule has 23 heavy (non-hydrogen) atoms. The van der Waals surface area contributed by atoms with Crippen LogP contribution in [0.15, 0.2) is 40.1 Å². The molecule has 1 aliphatic heterocycles. The molecular weight excluding hydrogens is 314 g/mol. The number of aliphatic imine (C=N–C) groups is 1. The van der Waals surface area contributed by atoms with E-state index < -0.39 is 11.7 Å². The second-order valence-corrected chi connectivity index (χ2v) is 7.12. The second-order valence-electron chi connectivity index (χ2n) is 6.73. The maximum Gasteiger partial charge on any atom is 0.510 e. The number of halogens is 1. The lowest BCUT2D eigenvalue weighted by atomic mass is 9.98. The van der Waals surface area contributed by atoms with Crippen LogP contribution in [0.5, 0.6) is 0 Å². The highest BCUT2D eigenvalue weighted by Gasteiger charge is 2.26. The van der Waals surface area contributed by atoms with Crippen molar-refractivity contribution >= 4 is 23.5 Å². The zero-order valence-corrected chi connectivity index (χ0v) is 15.5. The normalized spacial score (nSPS) is 26.6. The Balaban J connectivity index is 2.72. The molecule has 1 unspecified atom stereocenters. The van der Waals surface area contributed by atoms with Gasteiger partial charge in [0.25, 0.3) is 0 Å². The Morgan fingerprint density at radius 2 is 2.00 bits per heavy atom. The molecule has 4 nitrogen and oxygen atoms in total. The van der Waals surface area contributed by atoms with Crippen LogP contribution in [0, 0.1) is 5.41 Å². The van der Waals surface area contributed by atoms with Crippen LogP contribution in [0.2, 0.25) is 0 Å². The second kappa shape index (κ2) is 8.34. The van der Waals surface area contributed by atoms with E-state index in [0.717, 1.165) is 23.4 Å². The highest BCUT2D eigenvalue weighted by molar-refractivity contribution is 6.20. The van der Waals surface area contributed by atoms with Crippen LogP contribution >= 0.6 is 11.6 Å². The molecule has 0 aromatic rings. The number of alkyl halides is 1. The third kappa shape index (κ3) is 6.61. The van der Waals surface area contributed by atoms with Crippen LogP contribution in [0.1, 0.15) is 48.0 Å². The molecule has 0 aliphatic carbocycles. The Bertz CT molecular complexity index is 565. The highest BCUT2D eigenvalue weighted by atomic mass is 35.5. The molecule has 0 radical (unpaired) electrons. The Morgan fingerprint density at radius 3 is 2.61 bits per heavy atom. The minimum atomic E-state index is -0.777. The van der Waals surface area contributed by atoms with Gasteiger partial charge in [0, 0.05) is 22.4 Å². The van der Waals surface area contributed by atoms with Crippen LogP contribution in [-0.2, 0) is 9.47 Å². The molecule has 0 amide bonds. The summed E-state index contributed by atoms with van der Waals surface area (Å²) >= 11 is 6.03. The number of carbonyl (C=O) groups excluding carboxylic acids is 1. The number of carbonyl (C=O) groups is 1. The molecule has 0 aromatic carbocycles. The van der Waals surface area contributed by atoms with E-state index in [1.54, 1.807) is 0 Å². The number of hydrogen-bond acceptors (Lipinski definition) is 4. The van der Waals surface area contributed by atoms with Crippen molar-refractivity contribution in [2.24, 2.45) is 10.4 Å². The Labute approximate surface area is 143 Å². The van der Waals surface area contributed by atoms with E-state index in [0.29, 0.717) is 0 Å². The molecule has 0 saturated carbocycles. The van der Waals surface area contributed by atoms with Gasteiger partial charge in [-0.15, -0.1) is 0 Å². The molecular formula is C18H26ClNO3. The molecule has 0 spiro atoms. The predicted molar refractivity (Wildman–Crippen MR) is 94.9 cm³/mol. The maximum absolute atomic E-state index is 11.8. The molecule has 1 heterocycles. The lowest BCUT2D eigenvalue weighted by Gasteiger charge is -2.24. The third-order valence-corrected chi connectivity index (χ3v) is 4.25. The van der Waals surface area contributed by atoms with Crippen molar-refractivity contribution in [3.8, 4) is 0 Å². The van der Waals surface area contributed by atoms with Gasteiger partial charge in [-0.25, -0.2) is 4.79 Å². The van der Waals surface area contributed by atoms with E-state index in [1.807, 2.05) is 46.8 Å². The van der Waals surface area contributed by atoms with Gasteiger partial charge < -0.3 is 9.47 Å². The molecule has 1 atom stereocenters. The number of allylic oxidation sites excluding steroid dienone is 5. The molecule has 5 heteroatoms. The van der Waals surface area contributed by atoms with Gasteiger partial charge >= 0.3 is 6.16 Å². The van der Waals surface area contributed by atoms with E-state index in [1.165, 1.54) is 5.57 Å². The quantitative estimate of drug-likeness (QED) is 0.511. The van der Waals surface area contributed by atoms with Crippen molar-refractivity contribution in [2.75, 3.05) is 6.61 Å². The van der Waals surface area contributed by atoms with E-state index in [4.69, 9.17) is 21.1 Å². The molecule has 0 N–H and O–H groups in total. The summed E-state index contributed by atoms with van der Waals surface area (Å²) in [6, 6.07) is 0. The van der Waals surface area contributed by atoms with Crippen LogP contribution in [0.3, 0.4) is 0 Å². The Hall–Kier alpha value is -1.55. The van der Waals surface area contributed by atoms with Crippen molar-refractivity contribution in [2.45, 2.75) is 53.5 Å². The van der Waals surface area contributed by atoms with Gasteiger partial charge in [-0.2, -0.15) is 0 Å². The fourth-order valence-corrected chi connectivity index (χ4v) is 1.77. The maximum atomic E-state index is 11.8. The summed E-state index contributed by atoms with van der Waals surface area (Å²) < 4.78 is 10.2. The summed E-state index contributed by atoms with van der Waals surface area (Å²) in [5.74, 6) is 0. The highest BCUT2D eigenvalue weighted by Crippen LogP contribution is 2.25. The van der Waals surface area contributed by atoms with Crippen molar-refractivity contribution in [1.29, 1.82) is 0 Å². The topological polar surface area (TPSA) is 47.9 Å². The van der Waals surface area contributed by atoms with Crippen LogP contribution in [0.4, 0.5) is 4.79 Å². The summed E-state index contributed by atoms with van der Waals surface area (Å²) in [6.45, 7) is 11.7. The SMILES string of the molecule is C/C1=C(C)/N=C(C)/C(COC(=O)OC(Cl)C(C)(C)C)=C/C=C\C1. The van der Waals surface area contributed by atoms with Gasteiger partial charge in [0.1, 0.15) is 6.61 Å². The summed E-state index contributed by atoms with van der Waals surface area (Å²) in [4.78, 5) is 16.3. The minimum absolute atomic E-state index is 0.0958. The average molecular weight is 340 g/mol. The average Bonchev–Trinajstić information content (AvgIpc) is 2.49. The molecule has 128 valence electrons. The Morgan fingerprint density at radius 1 is 1.35 bits per heavy atom. The van der Waals surface area contributed by atoms with Gasteiger partial charge in [-0.3, -0.25) is 4.99 Å². The Kier molecular flexibility index (Phi) is 7.07. The number of rotatable bonds is 3. The zero-order valence-electron chi connectivity index (χ0n) is 14.8. The van der Waals surface area contributed by atoms with Crippen molar-refractivity contribution in [3.05, 3.63) is 35.1 Å². The zero-order chi connectivity index (χ0) is 17.6. The number of nitrogens with zero attached hydrogens (tertiary/aromatic N) is 1. The molecule has 1 rings (SSSR count). The fraction of sp³-hybridized carbons (Fsp3) is 0.556. The largest absolute Gasteiger partial charge is 0.510 e. The van der Waals surface area contributed by atoms with Crippen LogP contribution in [0.25, 0.3) is 0 Å². The van der Waals surface area contributed by atoms with Crippen molar-refractivity contribution in [3.63, 3.8) is 0 Å². The third-order valence-electron chi connectivity index (χ3n) is 3.50. The van der Waals surface area contributed by atoms with Gasteiger partial charge in [0.2, 0.25) is 0 Å². The van der Waals surface area contributed by atoms with E-state index in [-0.39, 0.29) is 12.0 Å². The van der Waals surface area contributed by atoms with Gasteiger partial charge in [0.15, 0.2) is 5.56 Å². The summed E-state index contributed by atoms with van der Waals surface area (Å²) in [7, 11) is 0. The number of hydrogen-bond donors (Lipinski definition) is 0. The lowest BCUT2D eigenvalue weighted by Crippen LogP contribution is -2.27. The van der Waals surface area contributed by atoms with Crippen LogP contribution < -0.4 is 0 Å². The van der Waals surface area contributed by atoms with Gasteiger partial charge in [0.05, 0.1) is 0 Å². The predicted octanol–water partition coefficient (Wildman–Crippen LogP) is 5.39. The number of ether oxygens (including phenoxy) is 2. The molecule has 0 aromatic heterocycles. The summed E-state index contributed by atoms with van der Waals surface area (Å²) in [5, 5.41) is 0. The van der Waals surface area contributed by atoms with Crippen molar-refractivity contribution < 1.29 is 14.3 Å². The minimum Gasteiger partial charge on any atom is -0.429 e. The molecule has 0 saturated heterocycles. The smallest absolute Gasteiger partial charge is 0.429 e. The van der Waals surface area contributed by atoms with Crippen molar-refractivity contribution in [1.82, 2.24) is 0 Å². The summed E-state index contributed by atoms with van der Waals surface area (Å²) in [6.07, 6.45) is 5.99.